The van der Waals surface area contributed by atoms with E-state index in [1.54, 1.807) is 14.2 Å². The summed E-state index contributed by atoms with van der Waals surface area (Å²) in [6, 6.07) is 4.07. The third-order valence-corrected chi connectivity index (χ3v) is 3.05. The summed E-state index contributed by atoms with van der Waals surface area (Å²) in [6.45, 7) is 0. The maximum atomic E-state index is 5.29. The molecule has 1 aromatic carbocycles. The van der Waals surface area contributed by atoms with Crippen molar-refractivity contribution in [2.75, 3.05) is 14.2 Å². The average Bonchev–Trinajstić information content (AvgIpc) is 3.10. The van der Waals surface area contributed by atoms with Crippen molar-refractivity contribution in [3.8, 4) is 17.2 Å². The van der Waals surface area contributed by atoms with Crippen molar-refractivity contribution in [3.05, 3.63) is 17.7 Å². The summed E-state index contributed by atoms with van der Waals surface area (Å²) < 4.78 is 15.8. The summed E-state index contributed by atoms with van der Waals surface area (Å²) in [5, 5.41) is 0. The van der Waals surface area contributed by atoms with Crippen molar-refractivity contribution < 1.29 is 12.5 Å². The Morgan fingerprint density at radius 3 is 2.00 bits per heavy atom. The summed E-state index contributed by atoms with van der Waals surface area (Å²) in [7, 11) is 3.29. The molecule has 0 aromatic heterocycles. The van der Waals surface area contributed by atoms with Gasteiger partial charge in [0, 0.05) is 0 Å². The topological polar surface area (TPSA) is 27.7 Å². The van der Waals surface area contributed by atoms with Crippen LogP contribution in [0.2, 0.25) is 0 Å². The van der Waals surface area contributed by atoms with E-state index in [1.807, 2.05) is 35.1 Å². The Labute approximate surface area is 103 Å². The van der Waals surface area contributed by atoms with E-state index >= 15 is 0 Å². The molecule has 0 saturated heterocycles. The molecule has 0 N–H and O–H groups in total. The second-order valence-electron chi connectivity index (χ2n) is 3.61. The first-order chi connectivity index (χ1) is 7.30. The predicted octanol–water partition coefficient (Wildman–Crippen LogP) is 3.31. The van der Waals surface area contributed by atoms with Crippen LogP contribution in [0.4, 0.5) is 0 Å². The number of ether oxygens (including phenoxy) is 2. The number of halogens is 1. The highest BCUT2D eigenvalue weighted by molar-refractivity contribution is 14.1. The lowest BCUT2D eigenvalue weighted by atomic mass is 10.1. The first kappa shape index (κ1) is 10.9. The highest BCUT2D eigenvalue weighted by Gasteiger charge is 2.26. The molecule has 0 atom stereocenters. The van der Waals surface area contributed by atoms with E-state index in [0.717, 1.165) is 11.5 Å². The van der Waals surface area contributed by atoms with Crippen LogP contribution in [0, 0.1) is 0 Å². The number of hydrogen-bond donors (Lipinski definition) is 0. The van der Waals surface area contributed by atoms with Crippen molar-refractivity contribution in [1.82, 2.24) is 0 Å². The molecule has 1 saturated carbocycles. The van der Waals surface area contributed by atoms with Gasteiger partial charge in [-0.1, -0.05) is 0 Å². The Bertz CT molecular complexity index is 336. The van der Waals surface area contributed by atoms with Gasteiger partial charge in [0.15, 0.2) is 34.5 Å². The molecule has 82 valence electrons. The third kappa shape index (κ3) is 2.14. The molecule has 1 aliphatic carbocycles. The van der Waals surface area contributed by atoms with Gasteiger partial charge in [-0.05, 0) is 36.5 Å². The van der Waals surface area contributed by atoms with Gasteiger partial charge in [0.25, 0.3) is 0 Å². The first-order valence-electron chi connectivity index (χ1n) is 4.84. The minimum absolute atomic E-state index is 0.657. The fourth-order valence-corrected chi connectivity index (χ4v) is 2.06. The second-order valence-corrected chi connectivity index (χ2v) is 4.05. The van der Waals surface area contributed by atoms with Gasteiger partial charge in [-0.15, -0.1) is 0 Å². The van der Waals surface area contributed by atoms with Crippen molar-refractivity contribution in [1.29, 1.82) is 0 Å². The largest absolute Gasteiger partial charge is 0.493 e. The summed E-state index contributed by atoms with van der Waals surface area (Å²) in [4.78, 5) is 0. The molecule has 1 aromatic rings. The number of rotatable bonds is 4. The smallest absolute Gasteiger partial charge is 0.217 e. The summed E-state index contributed by atoms with van der Waals surface area (Å²) in [5.41, 5.74) is 1.28. The van der Waals surface area contributed by atoms with E-state index in [1.165, 1.54) is 18.4 Å². The molecule has 1 aliphatic rings. The van der Waals surface area contributed by atoms with Crippen molar-refractivity contribution in [2.24, 2.45) is 0 Å². The van der Waals surface area contributed by atoms with Crippen molar-refractivity contribution in [3.63, 3.8) is 0 Å². The molecular weight excluding hydrogens is 307 g/mol. The van der Waals surface area contributed by atoms with Crippen LogP contribution in [-0.4, -0.2) is 14.2 Å². The van der Waals surface area contributed by atoms with E-state index in [9.17, 15) is 0 Å². The van der Waals surface area contributed by atoms with Crippen LogP contribution in [0.3, 0.4) is 0 Å². The van der Waals surface area contributed by atoms with Gasteiger partial charge in [0.2, 0.25) is 5.75 Å². The van der Waals surface area contributed by atoms with Gasteiger partial charge < -0.3 is 12.5 Å². The van der Waals surface area contributed by atoms with Crippen LogP contribution in [0.1, 0.15) is 24.3 Å². The van der Waals surface area contributed by atoms with Gasteiger partial charge in [-0.2, -0.15) is 0 Å². The Balaban J connectivity index is 2.45. The molecule has 4 heteroatoms. The van der Waals surface area contributed by atoms with Crippen LogP contribution < -0.4 is 12.5 Å². The van der Waals surface area contributed by atoms with Crippen molar-refractivity contribution >= 4 is 23.0 Å². The number of methoxy groups -OCH3 is 2. The van der Waals surface area contributed by atoms with Crippen molar-refractivity contribution in [2.45, 2.75) is 18.8 Å². The van der Waals surface area contributed by atoms with Gasteiger partial charge >= 0.3 is 0 Å². The molecule has 1 fully saturated rings. The molecule has 0 radical (unpaired) electrons. The minimum Gasteiger partial charge on any atom is -0.493 e. The molecule has 0 spiro atoms. The second kappa shape index (κ2) is 4.47. The summed E-state index contributed by atoms with van der Waals surface area (Å²) in [5.74, 6) is 2.82. The zero-order valence-corrected chi connectivity index (χ0v) is 10.9. The highest BCUT2D eigenvalue weighted by Crippen LogP contribution is 2.47. The zero-order chi connectivity index (χ0) is 10.8. The van der Waals surface area contributed by atoms with Crippen LogP contribution in [-0.2, 0) is 0 Å². The Morgan fingerprint density at radius 1 is 1.13 bits per heavy atom. The highest BCUT2D eigenvalue weighted by atomic mass is 127. The predicted molar refractivity (Wildman–Crippen MR) is 66.2 cm³/mol. The van der Waals surface area contributed by atoms with Gasteiger partial charge in [0.05, 0.1) is 14.2 Å². The first-order valence-corrected chi connectivity index (χ1v) is 5.72. The Morgan fingerprint density at radius 2 is 1.67 bits per heavy atom. The lowest BCUT2D eigenvalue weighted by Crippen LogP contribution is -1.94. The van der Waals surface area contributed by atoms with E-state index in [2.05, 4.69) is 0 Å². The van der Waals surface area contributed by atoms with Crippen LogP contribution in [0.25, 0.3) is 0 Å². The average molecular weight is 320 g/mol. The van der Waals surface area contributed by atoms with E-state index < -0.39 is 0 Å². The lowest BCUT2D eigenvalue weighted by molar-refractivity contribution is 0.374. The third-order valence-electron chi connectivity index (χ3n) is 2.61. The summed E-state index contributed by atoms with van der Waals surface area (Å²) >= 11 is 1.84. The van der Waals surface area contributed by atoms with Gasteiger partial charge in [-0.3, -0.25) is 0 Å². The van der Waals surface area contributed by atoms with Gasteiger partial charge in [-0.25, -0.2) is 0 Å². The van der Waals surface area contributed by atoms with Crippen LogP contribution >= 0.6 is 23.0 Å². The van der Waals surface area contributed by atoms with E-state index in [-0.39, 0.29) is 0 Å². The SMILES string of the molecule is COc1cc(C2CC2)cc(OC)c1OI. The fourth-order valence-electron chi connectivity index (χ4n) is 1.63. The quantitative estimate of drug-likeness (QED) is 0.797. The Hall–Kier alpha value is -0.650. The maximum absolute atomic E-state index is 5.29. The molecule has 2 rings (SSSR count). The molecule has 0 aliphatic heterocycles. The zero-order valence-electron chi connectivity index (χ0n) is 8.75. The molecule has 0 amide bonds. The monoisotopic (exact) mass is 320 g/mol. The fraction of sp³-hybridized carbons (Fsp3) is 0.455. The number of benzene rings is 1. The molecule has 15 heavy (non-hydrogen) atoms. The van der Waals surface area contributed by atoms with Crippen LogP contribution in [0.5, 0.6) is 17.2 Å². The standard InChI is InChI=1S/C11H13IO3/c1-13-9-5-8(7-3-4-7)6-10(14-2)11(9)15-12/h5-7H,3-4H2,1-2H3. The molecule has 3 nitrogen and oxygen atoms in total. The molecule has 0 bridgehead atoms. The molecular formula is C11H13IO3. The molecule has 0 unspecified atom stereocenters. The van der Waals surface area contributed by atoms with E-state index in [4.69, 9.17) is 12.5 Å². The minimum atomic E-state index is 0.657. The van der Waals surface area contributed by atoms with Crippen LogP contribution in [0.15, 0.2) is 12.1 Å². The summed E-state index contributed by atoms with van der Waals surface area (Å²) in [6.07, 6.45) is 2.52. The maximum Gasteiger partial charge on any atom is 0.217 e. The van der Waals surface area contributed by atoms with Gasteiger partial charge in [0.1, 0.15) is 0 Å². The Kier molecular flexibility index (Phi) is 3.23. The normalized spacial score (nSPS) is 14.9. The lowest BCUT2D eigenvalue weighted by Gasteiger charge is -2.12. The molecule has 0 heterocycles. The van der Waals surface area contributed by atoms with E-state index in [0.29, 0.717) is 11.7 Å². The number of hydrogen-bond acceptors (Lipinski definition) is 3.